The van der Waals surface area contributed by atoms with Gasteiger partial charge in [-0.05, 0) is 37.0 Å². The zero-order valence-corrected chi connectivity index (χ0v) is 13.6. The summed E-state index contributed by atoms with van der Waals surface area (Å²) in [7, 11) is 0. The van der Waals surface area contributed by atoms with E-state index in [0.717, 1.165) is 31.6 Å². The molecule has 0 saturated carbocycles. The minimum absolute atomic E-state index is 0.219. The monoisotopic (exact) mass is 304 g/mol. The highest BCUT2D eigenvalue weighted by molar-refractivity contribution is 5.75. The summed E-state index contributed by atoms with van der Waals surface area (Å²) in [6.07, 6.45) is 5.07. The molecule has 0 amide bonds. The van der Waals surface area contributed by atoms with E-state index in [0.29, 0.717) is 12.5 Å². The van der Waals surface area contributed by atoms with Crippen molar-refractivity contribution >= 4 is 5.90 Å². The van der Waals surface area contributed by atoms with E-state index in [9.17, 15) is 5.11 Å². The molecule has 1 heterocycles. The summed E-state index contributed by atoms with van der Waals surface area (Å²) in [5, 5.41) is 11.4. The van der Waals surface area contributed by atoms with Crippen LogP contribution < -0.4 is 9.84 Å². The van der Waals surface area contributed by atoms with E-state index < -0.39 is 5.54 Å². The average molecular weight is 304 g/mol. The Morgan fingerprint density at radius 1 is 1.27 bits per heavy atom. The van der Waals surface area contributed by atoms with Gasteiger partial charge in [0.1, 0.15) is 12.4 Å². The number of nitrogens with zero attached hydrogens (tertiary/aromatic N) is 1. The van der Waals surface area contributed by atoms with Crippen molar-refractivity contribution in [1.29, 1.82) is 0 Å². The number of ether oxygens (including phenoxy) is 2. The van der Waals surface area contributed by atoms with Gasteiger partial charge in [-0.2, -0.15) is 0 Å². The van der Waals surface area contributed by atoms with Gasteiger partial charge < -0.3 is 14.6 Å². The third-order valence-corrected chi connectivity index (χ3v) is 4.03. The van der Waals surface area contributed by atoms with Crippen LogP contribution in [0.5, 0.6) is 5.75 Å². The van der Waals surface area contributed by atoms with Crippen LogP contribution in [0.1, 0.15) is 45.1 Å². The lowest BCUT2D eigenvalue weighted by Gasteiger charge is -2.27. The average Bonchev–Trinajstić information content (AvgIpc) is 2.93. The van der Waals surface area contributed by atoms with Gasteiger partial charge in [0.15, 0.2) is 5.90 Å². The van der Waals surface area contributed by atoms with Crippen LogP contribution in [0.15, 0.2) is 29.3 Å². The van der Waals surface area contributed by atoms with Gasteiger partial charge in [0.05, 0.1) is 12.1 Å². The van der Waals surface area contributed by atoms with Crippen LogP contribution in [0.25, 0.3) is 0 Å². The maximum Gasteiger partial charge on any atom is 0.180 e. The second-order valence-corrected chi connectivity index (χ2v) is 5.99. The Hall–Kier alpha value is -1.55. The van der Waals surface area contributed by atoms with Crippen LogP contribution in [-0.4, -0.2) is 31.3 Å². The maximum atomic E-state index is 11.4. The summed E-state index contributed by atoms with van der Waals surface area (Å²) >= 11 is 0. The van der Waals surface area contributed by atoms with Gasteiger partial charge in [-0.25, -0.2) is 4.99 Å². The molecule has 22 heavy (non-hydrogen) atoms. The molecule has 4 nitrogen and oxygen atoms in total. The zero-order chi connectivity index (χ0) is 15.8. The van der Waals surface area contributed by atoms with Gasteiger partial charge in [0, 0.05) is 6.92 Å². The molecule has 0 fully saturated rings. The molecule has 4 heteroatoms. The van der Waals surface area contributed by atoms with Crippen molar-refractivity contribution in [2.45, 2.75) is 51.5 Å². The Kier molecular flexibility index (Phi) is 6.25. The second kappa shape index (κ2) is 8.18. The van der Waals surface area contributed by atoms with E-state index in [1.807, 2.05) is 19.1 Å². The van der Waals surface area contributed by atoms with Crippen molar-refractivity contribution in [1.82, 2.24) is 0 Å². The third-order valence-electron chi connectivity index (χ3n) is 4.03. The van der Waals surface area contributed by atoms with Crippen LogP contribution >= 0.6 is 0 Å². The number of benzene rings is 1. The zero-order valence-electron chi connectivity index (χ0n) is 13.6. The molecule has 1 atom stereocenters. The van der Waals surface area contributed by atoms with Crippen molar-refractivity contribution in [3.05, 3.63) is 29.8 Å². The van der Waals surface area contributed by atoms with Gasteiger partial charge >= 0.3 is 0 Å². The van der Waals surface area contributed by atoms with Gasteiger partial charge in [-0.1, -0.05) is 31.9 Å². The Labute approximate surface area is 133 Å². The topological polar surface area (TPSA) is 53.9 Å². The summed E-state index contributed by atoms with van der Waals surface area (Å²) in [6.45, 7) is 4.97. The molecule has 1 aliphatic heterocycles. The number of aliphatic imine (C=N–C) groups is 1. The molecule has 0 radical (unpaired) electrons. The number of hydrogen-bond donors (Lipinski definition) is 0. The standard InChI is InChI=1S/C18H26NO3/c1-3-4-5-12-21-17-8-6-16(7-9-17)10-11-18(13-20)14-22-15(2)19-18/h6-9H,3-5,10-14H2,1-2H3/q-1. The highest BCUT2D eigenvalue weighted by Crippen LogP contribution is 2.24. The van der Waals surface area contributed by atoms with Gasteiger partial charge in [0.2, 0.25) is 0 Å². The molecular formula is C18H26NO3-. The molecule has 0 aliphatic carbocycles. The van der Waals surface area contributed by atoms with E-state index in [1.165, 1.54) is 18.4 Å². The lowest BCUT2D eigenvalue weighted by molar-refractivity contribution is -0.381. The second-order valence-electron chi connectivity index (χ2n) is 5.99. The van der Waals surface area contributed by atoms with E-state index >= 15 is 0 Å². The maximum absolute atomic E-state index is 11.4. The Balaban J connectivity index is 1.81. The normalized spacial score (nSPS) is 20.6. The summed E-state index contributed by atoms with van der Waals surface area (Å²) in [5.74, 6) is 1.54. The summed E-state index contributed by atoms with van der Waals surface area (Å²) < 4.78 is 11.1. The minimum Gasteiger partial charge on any atom is -0.853 e. The van der Waals surface area contributed by atoms with Crippen LogP contribution in [-0.2, 0) is 11.2 Å². The van der Waals surface area contributed by atoms with Crippen LogP contribution in [0.2, 0.25) is 0 Å². The van der Waals surface area contributed by atoms with Crippen LogP contribution in [0, 0.1) is 0 Å². The van der Waals surface area contributed by atoms with Crippen molar-refractivity contribution in [3.63, 3.8) is 0 Å². The van der Waals surface area contributed by atoms with Gasteiger partial charge in [-0.15, -0.1) is 6.61 Å². The Morgan fingerprint density at radius 2 is 2.05 bits per heavy atom. The first-order valence-electron chi connectivity index (χ1n) is 8.16. The van der Waals surface area contributed by atoms with Gasteiger partial charge in [0.25, 0.3) is 0 Å². The molecule has 122 valence electrons. The Morgan fingerprint density at radius 3 is 2.64 bits per heavy atom. The molecule has 2 rings (SSSR count). The first-order chi connectivity index (χ1) is 10.7. The van der Waals surface area contributed by atoms with E-state index in [1.54, 1.807) is 0 Å². The summed E-state index contributed by atoms with van der Waals surface area (Å²) in [4.78, 5) is 4.39. The smallest absolute Gasteiger partial charge is 0.180 e. The van der Waals surface area contributed by atoms with E-state index in [2.05, 4.69) is 24.0 Å². The van der Waals surface area contributed by atoms with E-state index in [4.69, 9.17) is 9.47 Å². The number of unbranched alkanes of at least 4 members (excludes halogenated alkanes) is 2. The van der Waals surface area contributed by atoms with Crippen molar-refractivity contribution in [2.75, 3.05) is 19.8 Å². The molecule has 0 spiro atoms. The largest absolute Gasteiger partial charge is 0.853 e. The van der Waals surface area contributed by atoms with Crippen molar-refractivity contribution < 1.29 is 14.6 Å². The van der Waals surface area contributed by atoms with E-state index in [-0.39, 0.29) is 6.61 Å². The molecule has 1 aromatic carbocycles. The molecule has 0 saturated heterocycles. The molecule has 1 aliphatic rings. The first-order valence-corrected chi connectivity index (χ1v) is 8.16. The molecule has 1 aromatic rings. The number of rotatable bonds is 9. The quantitative estimate of drug-likeness (QED) is 0.659. The lowest BCUT2D eigenvalue weighted by Crippen LogP contribution is -2.39. The first kappa shape index (κ1) is 16.8. The molecule has 1 unspecified atom stereocenters. The fourth-order valence-electron chi connectivity index (χ4n) is 2.58. The summed E-state index contributed by atoms with van der Waals surface area (Å²) in [5.41, 5.74) is 0.632. The van der Waals surface area contributed by atoms with Gasteiger partial charge in [-0.3, -0.25) is 0 Å². The molecule has 0 N–H and O–H groups in total. The predicted octanol–water partition coefficient (Wildman–Crippen LogP) is 2.74. The SMILES string of the molecule is CCCCCOc1ccc(CCC2(C[O-])COC(C)=N2)cc1. The molecular weight excluding hydrogens is 278 g/mol. The van der Waals surface area contributed by atoms with Crippen molar-refractivity contribution in [3.8, 4) is 5.75 Å². The number of aryl methyl sites for hydroxylation is 1. The minimum atomic E-state index is -0.570. The van der Waals surface area contributed by atoms with Crippen molar-refractivity contribution in [2.24, 2.45) is 4.99 Å². The third kappa shape index (κ3) is 4.73. The number of hydrogen-bond acceptors (Lipinski definition) is 4. The lowest BCUT2D eigenvalue weighted by atomic mass is 9.94. The van der Waals surface area contributed by atoms with Crippen LogP contribution in [0.4, 0.5) is 0 Å². The van der Waals surface area contributed by atoms with Crippen LogP contribution in [0.3, 0.4) is 0 Å². The fourth-order valence-corrected chi connectivity index (χ4v) is 2.58. The Bertz CT molecular complexity index is 484. The fraction of sp³-hybridized carbons (Fsp3) is 0.611. The summed E-state index contributed by atoms with van der Waals surface area (Å²) in [6, 6.07) is 8.15. The predicted molar refractivity (Wildman–Crippen MR) is 86.4 cm³/mol. The molecule has 0 aromatic heterocycles. The highest BCUT2D eigenvalue weighted by atomic mass is 16.5. The molecule has 0 bridgehead atoms. The highest BCUT2D eigenvalue weighted by Gasteiger charge is 2.30.